The Labute approximate surface area is 196 Å². The van der Waals surface area contributed by atoms with Crippen LogP contribution >= 0.6 is 34.7 Å². The van der Waals surface area contributed by atoms with Crippen molar-refractivity contribution in [3.63, 3.8) is 0 Å². The Kier molecular flexibility index (Phi) is 6.65. The van der Waals surface area contributed by atoms with Crippen molar-refractivity contribution in [2.45, 2.75) is 37.5 Å². The molecule has 31 heavy (non-hydrogen) atoms. The maximum Gasteiger partial charge on any atom is 0.260 e. The number of benzene rings is 3. The summed E-state index contributed by atoms with van der Waals surface area (Å²) in [7, 11) is 0. The third-order valence-electron chi connectivity index (χ3n) is 4.82. The zero-order valence-corrected chi connectivity index (χ0v) is 20.0. The van der Waals surface area contributed by atoms with E-state index in [1.54, 1.807) is 16.7 Å². The first kappa shape index (κ1) is 21.9. The molecule has 0 N–H and O–H groups in total. The van der Waals surface area contributed by atoms with E-state index in [4.69, 9.17) is 16.6 Å². The van der Waals surface area contributed by atoms with Gasteiger partial charge in [-0.2, -0.15) is 0 Å². The smallest absolute Gasteiger partial charge is 0.260 e. The molecule has 0 radical (unpaired) electrons. The van der Waals surface area contributed by atoms with Crippen LogP contribution in [0.25, 0.3) is 10.2 Å². The number of aryl methyl sites for hydroxylation is 1. The molecule has 4 rings (SSSR count). The third kappa shape index (κ3) is 4.95. The highest BCUT2D eigenvalue weighted by atomic mass is 35.5. The first-order valence-electron chi connectivity index (χ1n) is 10.1. The molecular weight excluding hydrogens is 444 g/mol. The van der Waals surface area contributed by atoms with Gasteiger partial charge in [0.15, 0.2) is 5.13 Å². The van der Waals surface area contributed by atoms with Crippen LogP contribution in [0.3, 0.4) is 0 Å². The van der Waals surface area contributed by atoms with Crippen LogP contribution in [-0.4, -0.2) is 16.1 Å². The first-order valence-corrected chi connectivity index (χ1v) is 12.2. The van der Waals surface area contributed by atoms with Crippen LogP contribution in [-0.2, 0) is 6.54 Å². The lowest BCUT2D eigenvalue weighted by atomic mass is 10.1. The highest BCUT2D eigenvalue weighted by Crippen LogP contribution is 2.36. The second-order valence-electron chi connectivity index (χ2n) is 7.61. The zero-order valence-electron chi connectivity index (χ0n) is 17.6. The molecule has 0 fully saturated rings. The normalized spacial score (nSPS) is 11.3. The average Bonchev–Trinajstić information content (AvgIpc) is 3.22. The Hall–Kier alpha value is -2.34. The number of fused-ring (bicyclic) bond motifs is 1. The summed E-state index contributed by atoms with van der Waals surface area (Å²) >= 11 is 9.67. The van der Waals surface area contributed by atoms with E-state index in [0.717, 1.165) is 26.2 Å². The maximum absolute atomic E-state index is 13.6. The molecule has 1 aromatic heterocycles. The molecule has 6 heteroatoms. The van der Waals surface area contributed by atoms with Crippen molar-refractivity contribution in [1.29, 1.82) is 0 Å². The summed E-state index contributed by atoms with van der Waals surface area (Å²) in [5.74, 6) is -0.0715. The second-order valence-corrected chi connectivity index (χ2v) is 10.6. The average molecular weight is 467 g/mol. The molecule has 158 valence electrons. The fourth-order valence-corrected chi connectivity index (χ4v) is 5.45. The SMILES string of the molecule is Cc1ccc(Cl)c2sc(N(Cc3ccccc3)C(=O)c3ccc(SC(C)C)cc3)nc12. The molecule has 4 aromatic rings. The second kappa shape index (κ2) is 9.43. The fraction of sp³-hybridized carbons (Fsp3) is 0.200. The van der Waals surface area contributed by atoms with Crippen molar-refractivity contribution in [3.8, 4) is 0 Å². The van der Waals surface area contributed by atoms with Gasteiger partial charge in [0.05, 0.1) is 21.8 Å². The van der Waals surface area contributed by atoms with Crippen LogP contribution in [0.1, 0.15) is 35.3 Å². The van der Waals surface area contributed by atoms with Crippen LogP contribution < -0.4 is 4.90 Å². The Morgan fingerprint density at radius 3 is 2.42 bits per heavy atom. The standard InChI is InChI=1S/C25H23ClN2OS2/c1-16(2)30-20-12-10-19(11-13-20)24(29)28(15-18-7-5-4-6-8-18)25-27-22-17(3)9-14-21(26)23(22)31-25/h4-14,16H,15H2,1-3H3. The van der Waals surface area contributed by atoms with Gasteiger partial charge in [0.1, 0.15) is 0 Å². The van der Waals surface area contributed by atoms with E-state index < -0.39 is 0 Å². The Balaban J connectivity index is 1.73. The molecule has 3 aromatic carbocycles. The fourth-order valence-electron chi connectivity index (χ4n) is 3.30. The lowest BCUT2D eigenvalue weighted by Crippen LogP contribution is -2.30. The van der Waals surface area contributed by atoms with Crippen molar-refractivity contribution < 1.29 is 4.79 Å². The number of anilines is 1. The summed E-state index contributed by atoms with van der Waals surface area (Å²) in [6.07, 6.45) is 0. The number of amides is 1. The number of carbonyl (C=O) groups excluding carboxylic acids is 1. The van der Waals surface area contributed by atoms with Crippen LogP contribution in [0, 0.1) is 6.92 Å². The maximum atomic E-state index is 13.6. The van der Waals surface area contributed by atoms with Crippen molar-refractivity contribution >= 4 is 56.0 Å². The van der Waals surface area contributed by atoms with E-state index in [2.05, 4.69) is 13.8 Å². The zero-order chi connectivity index (χ0) is 22.0. The third-order valence-corrected chi connectivity index (χ3v) is 7.37. The number of aromatic nitrogens is 1. The number of halogens is 1. The lowest BCUT2D eigenvalue weighted by molar-refractivity contribution is 0.0985. The van der Waals surface area contributed by atoms with E-state index in [0.29, 0.717) is 27.5 Å². The van der Waals surface area contributed by atoms with E-state index in [1.165, 1.54) is 11.3 Å². The number of hydrogen-bond donors (Lipinski definition) is 0. The summed E-state index contributed by atoms with van der Waals surface area (Å²) in [6.45, 7) is 6.77. The predicted octanol–water partition coefficient (Wildman–Crippen LogP) is 7.61. The Morgan fingerprint density at radius 2 is 1.77 bits per heavy atom. The number of rotatable bonds is 6. The summed E-state index contributed by atoms with van der Waals surface area (Å²) in [5.41, 5.74) is 3.59. The van der Waals surface area contributed by atoms with Crippen molar-refractivity contribution in [3.05, 3.63) is 88.4 Å². The topological polar surface area (TPSA) is 33.2 Å². The molecule has 0 aliphatic rings. The molecule has 0 aliphatic heterocycles. The van der Waals surface area contributed by atoms with Gasteiger partial charge in [-0.3, -0.25) is 9.69 Å². The van der Waals surface area contributed by atoms with Gasteiger partial charge >= 0.3 is 0 Å². The summed E-state index contributed by atoms with van der Waals surface area (Å²) < 4.78 is 0.909. The summed E-state index contributed by atoms with van der Waals surface area (Å²) in [4.78, 5) is 21.3. The number of thioether (sulfide) groups is 1. The van der Waals surface area contributed by atoms with Crippen molar-refractivity contribution in [1.82, 2.24) is 4.98 Å². The largest absolute Gasteiger partial charge is 0.279 e. The van der Waals surface area contributed by atoms with Crippen LogP contribution in [0.2, 0.25) is 5.02 Å². The monoisotopic (exact) mass is 466 g/mol. The molecular formula is C25H23ClN2OS2. The quantitative estimate of drug-likeness (QED) is 0.274. The number of hydrogen-bond acceptors (Lipinski definition) is 4. The van der Waals surface area contributed by atoms with Crippen LogP contribution in [0.15, 0.2) is 71.6 Å². The Bertz CT molecular complexity index is 1160. The minimum absolute atomic E-state index is 0.0715. The highest BCUT2D eigenvalue weighted by Gasteiger charge is 2.23. The minimum Gasteiger partial charge on any atom is -0.279 e. The van der Waals surface area contributed by atoms with Gasteiger partial charge in [-0.05, 0) is 48.4 Å². The van der Waals surface area contributed by atoms with Gasteiger partial charge in [-0.25, -0.2) is 4.98 Å². The van der Waals surface area contributed by atoms with Crippen LogP contribution in [0.4, 0.5) is 5.13 Å². The van der Waals surface area contributed by atoms with Gasteiger partial charge in [-0.15, -0.1) is 11.8 Å². The molecule has 0 bridgehead atoms. The highest BCUT2D eigenvalue weighted by molar-refractivity contribution is 7.99. The molecule has 0 saturated heterocycles. The minimum atomic E-state index is -0.0715. The molecule has 0 unspecified atom stereocenters. The molecule has 1 heterocycles. The lowest BCUT2D eigenvalue weighted by Gasteiger charge is -2.20. The molecule has 1 amide bonds. The Morgan fingerprint density at radius 1 is 1.06 bits per heavy atom. The van der Waals surface area contributed by atoms with Crippen molar-refractivity contribution in [2.24, 2.45) is 0 Å². The van der Waals surface area contributed by atoms with Crippen LogP contribution in [0.5, 0.6) is 0 Å². The molecule has 0 saturated carbocycles. The van der Waals surface area contributed by atoms with Gasteiger partial charge < -0.3 is 0 Å². The number of thiazole rings is 1. The van der Waals surface area contributed by atoms with Gasteiger partial charge in [-0.1, -0.05) is 73.2 Å². The van der Waals surface area contributed by atoms with Gasteiger partial charge in [0.25, 0.3) is 5.91 Å². The molecule has 0 atom stereocenters. The number of carbonyl (C=O) groups is 1. The number of nitrogens with zero attached hydrogens (tertiary/aromatic N) is 2. The molecule has 0 spiro atoms. The van der Waals surface area contributed by atoms with E-state index in [-0.39, 0.29) is 5.91 Å². The predicted molar refractivity (Wildman–Crippen MR) is 134 cm³/mol. The van der Waals surface area contributed by atoms with E-state index in [1.807, 2.05) is 73.7 Å². The summed E-state index contributed by atoms with van der Waals surface area (Å²) in [5, 5.41) is 1.80. The first-order chi connectivity index (χ1) is 14.9. The van der Waals surface area contributed by atoms with E-state index in [9.17, 15) is 4.79 Å². The summed E-state index contributed by atoms with van der Waals surface area (Å²) in [6, 6.07) is 21.6. The van der Waals surface area contributed by atoms with Crippen molar-refractivity contribution in [2.75, 3.05) is 4.90 Å². The molecule has 0 aliphatic carbocycles. The molecule has 3 nitrogen and oxygen atoms in total. The van der Waals surface area contributed by atoms with E-state index >= 15 is 0 Å². The van der Waals surface area contributed by atoms with Gasteiger partial charge in [0, 0.05) is 15.7 Å². The van der Waals surface area contributed by atoms with Gasteiger partial charge in [0.2, 0.25) is 0 Å².